The Morgan fingerprint density at radius 3 is 1.46 bits per heavy atom. The van der Waals surface area contributed by atoms with Gasteiger partial charge in [-0.3, -0.25) is 0 Å². The molecular weight excluding hydrogens is 504 g/mol. The van der Waals surface area contributed by atoms with Crippen LogP contribution in [0, 0.1) is 0 Å². The molecular formula is C32H51KO3S. The molecule has 0 fully saturated rings. The summed E-state index contributed by atoms with van der Waals surface area (Å²) in [5, 5.41) is 2.08. The molecule has 3 nitrogen and oxygen atoms in total. The van der Waals surface area contributed by atoms with Gasteiger partial charge in [0, 0.05) is 0 Å². The Kier molecular flexibility index (Phi) is 20.1. The normalized spacial score (nSPS) is 11.6. The Morgan fingerprint density at radius 2 is 1.00 bits per heavy atom. The molecule has 0 saturated heterocycles. The molecule has 0 aliphatic rings. The van der Waals surface area contributed by atoms with Crippen molar-refractivity contribution in [2.75, 3.05) is 0 Å². The van der Waals surface area contributed by atoms with E-state index < -0.39 is 10.1 Å². The summed E-state index contributed by atoms with van der Waals surface area (Å²) in [5.41, 5.74) is 2.19. The van der Waals surface area contributed by atoms with E-state index in [0.29, 0.717) is 0 Å². The van der Waals surface area contributed by atoms with Gasteiger partial charge in [0.1, 0.15) is 10.1 Å². The maximum Gasteiger partial charge on any atom is 1.00 e. The quantitative estimate of drug-likeness (QED) is 0.0958. The Bertz CT molecular complexity index is 971. The molecule has 204 valence electrons. The van der Waals surface area contributed by atoms with Gasteiger partial charge in [-0.05, 0) is 59.7 Å². The number of fused-ring (bicyclic) bond motifs is 1. The maximum absolute atomic E-state index is 11.9. The Labute approximate surface area is 271 Å². The molecule has 0 unspecified atom stereocenters. The van der Waals surface area contributed by atoms with Crippen LogP contribution in [0.5, 0.6) is 0 Å². The smallest absolute Gasteiger partial charge is 0.744 e. The first-order valence-electron chi connectivity index (χ1n) is 15.0. The molecule has 5 heteroatoms. The molecule has 2 aromatic rings. The summed E-state index contributed by atoms with van der Waals surface area (Å²) in [7, 11) is -4.48. The van der Waals surface area contributed by atoms with E-state index in [4.69, 9.17) is 0 Å². The summed E-state index contributed by atoms with van der Waals surface area (Å²) in [6.45, 7) is 4.50. The molecule has 0 spiro atoms. The summed E-state index contributed by atoms with van der Waals surface area (Å²) in [4.78, 5) is -0.0690. The van der Waals surface area contributed by atoms with Crippen LogP contribution < -0.4 is 51.4 Å². The van der Waals surface area contributed by atoms with Gasteiger partial charge in [-0.25, -0.2) is 8.42 Å². The Balaban J connectivity index is 0.00000684. The minimum atomic E-state index is -4.48. The van der Waals surface area contributed by atoms with E-state index in [1.807, 2.05) is 0 Å². The van der Waals surface area contributed by atoms with Crippen molar-refractivity contribution in [1.29, 1.82) is 0 Å². The molecule has 0 saturated carbocycles. The van der Waals surface area contributed by atoms with E-state index in [2.05, 4.69) is 32.0 Å². The molecule has 0 aliphatic heterocycles. The van der Waals surface area contributed by atoms with Crippen LogP contribution in [0.2, 0.25) is 0 Å². The molecule has 0 N–H and O–H groups in total. The van der Waals surface area contributed by atoms with Crippen molar-refractivity contribution >= 4 is 20.9 Å². The molecule has 0 aliphatic carbocycles. The zero-order valence-corrected chi connectivity index (χ0v) is 28.1. The largest absolute Gasteiger partial charge is 1.00 e. The zero-order valence-electron chi connectivity index (χ0n) is 24.2. The molecule has 0 bridgehead atoms. The summed E-state index contributed by atoms with van der Waals surface area (Å²) in [5.74, 6) is 0. The molecule has 0 radical (unpaired) electrons. The topological polar surface area (TPSA) is 57.2 Å². The number of rotatable bonds is 21. The van der Waals surface area contributed by atoms with Crippen LogP contribution in [-0.2, 0) is 23.0 Å². The predicted molar refractivity (Wildman–Crippen MR) is 154 cm³/mol. The second-order valence-corrected chi connectivity index (χ2v) is 12.1. The van der Waals surface area contributed by atoms with Gasteiger partial charge in [-0.1, -0.05) is 135 Å². The monoisotopic (exact) mass is 554 g/mol. The molecule has 2 rings (SSSR count). The molecule has 37 heavy (non-hydrogen) atoms. The van der Waals surface area contributed by atoms with Crippen LogP contribution in [0.25, 0.3) is 10.8 Å². The summed E-state index contributed by atoms with van der Waals surface area (Å²) < 4.78 is 35.8. The summed E-state index contributed by atoms with van der Waals surface area (Å²) >= 11 is 0. The molecule has 0 heterocycles. The Morgan fingerprint density at radius 1 is 0.568 bits per heavy atom. The van der Waals surface area contributed by atoms with Gasteiger partial charge >= 0.3 is 51.4 Å². The minimum Gasteiger partial charge on any atom is -0.744 e. The van der Waals surface area contributed by atoms with Gasteiger partial charge in [0.15, 0.2) is 0 Å². The standard InChI is InChI=1S/C32H52O3S.K/c1-3-5-7-9-11-13-15-17-19-22-28-24-21-25-31-29(26-30(27-32(28)31)36(33,34)35)23-20-18-16-14-12-10-8-6-4-2;/h21,24-27H,3-20,22-23H2,1-2H3,(H,33,34,35);/q;+1/p-1. The van der Waals surface area contributed by atoms with E-state index in [-0.39, 0.29) is 56.3 Å². The van der Waals surface area contributed by atoms with Gasteiger partial charge in [-0.2, -0.15) is 0 Å². The van der Waals surface area contributed by atoms with Crippen LogP contribution in [0.15, 0.2) is 35.2 Å². The first-order valence-corrected chi connectivity index (χ1v) is 16.4. The Hall–Kier alpha value is 0.246. The number of hydrogen-bond acceptors (Lipinski definition) is 3. The zero-order chi connectivity index (χ0) is 26.1. The summed E-state index contributed by atoms with van der Waals surface area (Å²) in [6, 6.07) is 9.56. The van der Waals surface area contributed by atoms with E-state index in [1.165, 1.54) is 102 Å². The van der Waals surface area contributed by atoms with Crippen LogP contribution in [0.4, 0.5) is 0 Å². The first kappa shape index (κ1) is 35.3. The average Bonchev–Trinajstić information content (AvgIpc) is 2.86. The van der Waals surface area contributed by atoms with Crippen molar-refractivity contribution in [2.45, 2.75) is 147 Å². The first-order chi connectivity index (χ1) is 17.5. The van der Waals surface area contributed by atoms with Gasteiger partial charge in [0.2, 0.25) is 0 Å². The van der Waals surface area contributed by atoms with Crippen molar-refractivity contribution < 1.29 is 64.4 Å². The van der Waals surface area contributed by atoms with Gasteiger partial charge in [-0.15, -0.1) is 0 Å². The van der Waals surface area contributed by atoms with Gasteiger partial charge in [0.05, 0.1) is 4.90 Å². The molecule has 0 aromatic heterocycles. The fraction of sp³-hybridized carbons (Fsp3) is 0.688. The molecule has 0 amide bonds. The predicted octanol–water partition coefficient (Wildman–Crippen LogP) is 6.89. The molecule has 0 atom stereocenters. The van der Waals surface area contributed by atoms with Gasteiger partial charge in [0.25, 0.3) is 0 Å². The number of hydrogen-bond donors (Lipinski definition) is 0. The number of benzene rings is 2. The fourth-order valence-electron chi connectivity index (χ4n) is 5.32. The fourth-order valence-corrected chi connectivity index (χ4v) is 5.87. The van der Waals surface area contributed by atoms with Crippen molar-refractivity contribution in [3.63, 3.8) is 0 Å². The van der Waals surface area contributed by atoms with Crippen LogP contribution >= 0.6 is 0 Å². The third-order valence-corrected chi connectivity index (χ3v) is 8.35. The summed E-state index contributed by atoms with van der Waals surface area (Å²) in [6.07, 6.45) is 24.7. The van der Waals surface area contributed by atoms with Crippen molar-refractivity contribution in [2.24, 2.45) is 0 Å². The van der Waals surface area contributed by atoms with Crippen molar-refractivity contribution in [1.82, 2.24) is 0 Å². The second kappa shape index (κ2) is 21.1. The minimum absolute atomic E-state index is 0. The maximum atomic E-state index is 11.9. The number of unbranched alkanes of at least 4 members (excludes halogenated alkanes) is 16. The van der Waals surface area contributed by atoms with E-state index in [0.717, 1.165) is 48.4 Å². The van der Waals surface area contributed by atoms with Crippen LogP contribution in [0.3, 0.4) is 0 Å². The van der Waals surface area contributed by atoms with E-state index in [1.54, 1.807) is 12.1 Å². The third kappa shape index (κ3) is 14.4. The SMILES string of the molecule is CCCCCCCCCCCc1cc(S(=O)(=O)[O-])cc2c(CCCCCCCCCCC)cccc12.[K+]. The number of aryl methyl sites for hydroxylation is 2. The second-order valence-electron chi connectivity index (χ2n) is 10.7. The average molecular weight is 555 g/mol. The van der Waals surface area contributed by atoms with E-state index in [9.17, 15) is 13.0 Å². The third-order valence-electron chi connectivity index (χ3n) is 7.53. The van der Waals surface area contributed by atoms with Crippen LogP contribution in [-0.4, -0.2) is 13.0 Å². The molecule has 2 aromatic carbocycles. The van der Waals surface area contributed by atoms with Crippen LogP contribution in [0.1, 0.15) is 141 Å². The van der Waals surface area contributed by atoms with E-state index >= 15 is 0 Å². The van der Waals surface area contributed by atoms with Gasteiger partial charge < -0.3 is 4.55 Å². The van der Waals surface area contributed by atoms with Crippen molar-refractivity contribution in [3.8, 4) is 0 Å². The van der Waals surface area contributed by atoms with Crippen molar-refractivity contribution in [3.05, 3.63) is 41.5 Å².